The van der Waals surface area contributed by atoms with Gasteiger partial charge in [0.2, 0.25) is 5.91 Å². The standard InChI is InChI=1S/C20H16ClN3O4S/c21-13-4-2-1-3-11(13)9-29-20-23-18-17(19(28)24-20)12(8-16(27)22-18)10-5-6-14(25)15(26)7-10/h1-7,12,25-26H,8-9H2,(H2,22,23,24,27,28)/t12-/m0/s1. The second kappa shape index (κ2) is 7.81. The van der Waals surface area contributed by atoms with E-state index in [-0.39, 0.29) is 35.2 Å². The Bertz CT molecular complexity index is 1160. The van der Waals surface area contributed by atoms with Gasteiger partial charge in [-0.05, 0) is 29.3 Å². The van der Waals surface area contributed by atoms with Gasteiger partial charge < -0.3 is 20.5 Å². The molecule has 9 heteroatoms. The minimum atomic E-state index is -0.580. The van der Waals surface area contributed by atoms with E-state index in [0.717, 1.165) is 5.56 Å². The van der Waals surface area contributed by atoms with E-state index in [4.69, 9.17) is 11.6 Å². The number of anilines is 1. The summed E-state index contributed by atoms with van der Waals surface area (Å²) in [6.45, 7) is 0. The number of halogens is 1. The number of carbonyl (C=O) groups excluding carboxylic acids is 1. The second-order valence-corrected chi connectivity index (χ2v) is 7.94. The van der Waals surface area contributed by atoms with Gasteiger partial charge in [-0.15, -0.1) is 0 Å². The predicted octanol–water partition coefficient (Wildman–Crippen LogP) is 3.60. The van der Waals surface area contributed by atoms with Crippen molar-refractivity contribution in [3.63, 3.8) is 0 Å². The lowest BCUT2D eigenvalue weighted by Crippen LogP contribution is -2.31. The van der Waals surface area contributed by atoms with Crippen molar-refractivity contribution in [2.75, 3.05) is 5.32 Å². The van der Waals surface area contributed by atoms with Crippen molar-refractivity contribution in [1.29, 1.82) is 0 Å². The number of carbonyl (C=O) groups is 1. The molecule has 0 radical (unpaired) electrons. The van der Waals surface area contributed by atoms with Crippen LogP contribution in [-0.4, -0.2) is 26.1 Å². The van der Waals surface area contributed by atoms with Gasteiger partial charge in [-0.25, -0.2) is 4.98 Å². The molecular formula is C20H16ClN3O4S. The average molecular weight is 430 g/mol. The Morgan fingerprint density at radius 1 is 1.14 bits per heavy atom. The van der Waals surface area contributed by atoms with Crippen molar-refractivity contribution in [2.45, 2.75) is 23.2 Å². The average Bonchev–Trinajstić information content (AvgIpc) is 2.68. The quantitative estimate of drug-likeness (QED) is 0.286. The first-order valence-corrected chi connectivity index (χ1v) is 10.1. The number of benzene rings is 2. The molecule has 0 bridgehead atoms. The molecule has 1 amide bonds. The topological polar surface area (TPSA) is 115 Å². The van der Waals surface area contributed by atoms with Crippen LogP contribution in [0.25, 0.3) is 0 Å². The van der Waals surface area contributed by atoms with Gasteiger partial charge in [0.1, 0.15) is 5.82 Å². The lowest BCUT2D eigenvalue weighted by Gasteiger charge is -2.24. The normalized spacial score (nSPS) is 15.6. The van der Waals surface area contributed by atoms with Crippen LogP contribution in [0, 0.1) is 0 Å². The number of thioether (sulfide) groups is 1. The first-order valence-electron chi connectivity index (χ1n) is 8.74. The zero-order valence-electron chi connectivity index (χ0n) is 15.0. The van der Waals surface area contributed by atoms with Crippen LogP contribution in [-0.2, 0) is 10.5 Å². The van der Waals surface area contributed by atoms with E-state index in [1.807, 2.05) is 18.2 Å². The summed E-state index contributed by atoms with van der Waals surface area (Å²) in [5.41, 5.74) is 1.40. The number of amides is 1. The van der Waals surface area contributed by atoms with E-state index in [1.54, 1.807) is 12.1 Å². The Labute approximate surface area is 174 Å². The van der Waals surface area contributed by atoms with Gasteiger partial charge in [0.05, 0.1) is 5.56 Å². The van der Waals surface area contributed by atoms with Gasteiger partial charge in [0, 0.05) is 23.1 Å². The Hall–Kier alpha value is -2.97. The Morgan fingerprint density at radius 3 is 2.69 bits per heavy atom. The van der Waals surface area contributed by atoms with Crippen LogP contribution in [0.5, 0.6) is 11.5 Å². The third-order valence-corrected chi connectivity index (χ3v) is 5.94. The summed E-state index contributed by atoms with van der Waals surface area (Å²) in [4.78, 5) is 32.2. The molecule has 4 N–H and O–H groups in total. The summed E-state index contributed by atoms with van der Waals surface area (Å²) in [7, 11) is 0. The smallest absolute Gasteiger partial charge is 0.257 e. The number of rotatable bonds is 4. The molecule has 29 heavy (non-hydrogen) atoms. The van der Waals surface area contributed by atoms with Gasteiger partial charge in [-0.2, -0.15) is 0 Å². The molecule has 0 aliphatic carbocycles. The lowest BCUT2D eigenvalue weighted by molar-refractivity contribution is -0.116. The first-order chi connectivity index (χ1) is 13.9. The number of fused-ring (bicyclic) bond motifs is 1. The van der Waals surface area contributed by atoms with E-state index in [2.05, 4.69) is 15.3 Å². The molecule has 3 aromatic rings. The largest absolute Gasteiger partial charge is 0.504 e. The third-order valence-electron chi connectivity index (χ3n) is 4.65. The van der Waals surface area contributed by atoms with E-state index in [0.29, 0.717) is 27.1 Å². The molecule has 1 aliphatic heterocycles. The number of H-pyrrole nitrogens is 1. The van der Waals surface area contributed by atoms with Crippen LogP contribution in [0.1, 0.15) is 29.0 Å². The van der Waals surface area contributed by atoms with Gasteiger partial charge in [-0.3, -0.25) is 9.59 Å². The van der Waals surface area contributed by atoms with Crippen molar-refractivity contribution in [2.24, 2.45) is 0 Å². The fraction of sp³-hybridized carbons (Fsp3) is 0.150. The number of aromatic amines is 1. The molecule has 148 valence electrons. The molecule has 0 spiro atoms. The van der Waals surface area contributed by atoms with Crippen LogP contribution >= 0.6 is 23.4 Å². The summed E-state index contributed by atoms with van der Waals surface area (Å²) in [6, 6.07) is 11.6. The van der Waals surface area contributed by atoms with Crippen molar-refractivity contribution < 1.29 is 15.0 Å². The van der Waals surface area contributed by atoms with Crippen molar-refractivity contribution in [3.05, 3.63) is 74.5 Å². The second-order valence-electron chi connectivity index (χ2n) is 6.57. The molecular weight excluding hydrogens is 414 g/mol. The van der Waals surface area contributed by atoms with E-state index in [1.165, 1.54) is 23.9 Å². The number of hydrogen-bond donors (Lipinski definition) is 4. The SMILES string of the molecule is O=C1C[C@@H](c2ccc(O)c(O)c2)c2c(nc(SCc3ccccc3Cl)[nH]c2=O)N1. The fourth-order valence-corrected chi connectivity index (χ4v) is 4.37. The van der Waals surface area contributed by atoms with Crippen LogP contribution in [0.2, 0.25) is 5.02 Å². The predicted molar refractivity (Wildman–Crippen MR) is 111 cm³/mol. The molecule has 2 heterocycles. The number of aromatic nitrogens is 2. The summed E-state index contributed by atoms with van der Waals surface area (Å²) in [6.07, 6.45) is 0.0358. The maximum absolute atomic E-state index is 12.8. The van der Waals surface area contributed by atoms with Gasteiger partial charge in [0.25, 0.3) is 5.56 Å². The van der Waals surface area contributed by atoms with Gasteiger partial charge in [0.15, 0.2) is 16.7 Å². The minimum absolute atomic E-state index is 0.0358. The molecule has 2 aromatic carbocycles. The van der Waals surface area contributed by atoms with Crippen LogP contribution in [0.15, 0.2) is 52.4 Å². The van der Waals surface area contributed by atoms with Gasteiger partial charge in [-0.1, -0.05) is 47.6 Å². The summed E-state index contributed by atoms with van der Waals surface area (Å²) in [5, 5.41) is 23.0. The number of aromatic hydroxyl groups is 2. The molecule has 7 nitrogen and oxygen atoms in total. The maximum atomic E-state index is 12.8. The highest BCUT2D eigenvalue weighted by Gasteiger charge is 2.31. The highest BCUT2D eigenvalue weighted by molar-refractivity contribution is 7.98. The van der Waals surface area contributed by atoms with Crippen LogP contribution < -0.4 is 10.9 Å². The number of hydrogen-bond acceptors (Lipinski definition) is 6. The zero-order chi connectivity index (χ0) is 20.5. The monoisotopic (exact) mass is 429 g/mol. The van der Waals surface area contributed by atoms with Crippen LogP contribution in [0.4, 0.5) is 5.82 Å². The number of phenolic OH excluding ortho intramolecular Hbond substituents is 2. The van der Waals surface area contributed by atoms with Crippen molar-refractivity contribution in [3.8, 4) is 11.5 Å². The van der Waals surface area contributed by atoms with E-state index >= 15 is 0 Å². The Morgan fingerprint density at radius 2 is 1.93 bits per heavy atom. The third kappa shape index (κ3) is 3.94. The molecule has 0 unspecified atom stereocenters. The number of phenols is 2. The highest BCUT2D eigenvalue weighted by Crippen LogP contribution is 2.37. The van der Waals surface area contributed by atoms with E-state index < -0.39 is 5.92 Å². The maximum Gasteiger partial charge on any atom is 0.257 e. The fourth-order valence-electron chi connectivity index (χ4n) is 3.22. The highest BCUT2D eigenvalue weighted by atomic mass is 35.5. The van der Waals surface area contributed by atoms with E-state index in [9.17, 15) is 19.8 Å². The summed E-state index contributed by atoms with van der Waals surface area (Å²) < 4.78 is 0. The molecule has 1 atom stereocenters. The zero-order valence-corrected chi connectivity index (χ0v) is 16.5. The summed E-state index contributed by atoms with van der Waals surface area (Å²) >= 11 is 7.47. The molecule has 1 aliphatic rings. The summed E-state index contributed by atoms with van der Waals surface area (Å²) in [5.74, 6) is -0.743. The first kappa shape index (κ1) is 19.4. The van der Waals surface area contributed by atoms with Crippen LogP contribution in [0.3, 0.4) is 0 Å². The minimum Gasteiger partial charge on any atom is -0.504 e. The molecule has 1 aromatic heterocycles. The Balaban J connectivity index is 1.67. The van der Waals surface area contributed by atoms with Gasteiger partial charge >= 0.3 is 0 Å². The molecule has 0 saturated heterocycles. The number of nitrogens with one attached hydrogen (secondary N) is 2. The number of nitrogens with zero attached hydrogens (tertiary/aromatic N) is 1. The molecule has 0 saturated carbocycles. The van der Waals surface area contributed by atoms with Crippen molar-refractivity contribution in [1.82, 2.24) is 9.97 Å². The lowest BCUT2D eigenvalue weighted by atomic mass is 9.86. The van der Waals surface area contributed by atoms with Crippen molar-refractivity contribution >= 4 is 35.1 Å². The molecule has 0 fully saturated rings. The Kier molecular flexibility index (Phi) is 5.21. The molecule has 4 rings (SSSR count).